The molecule has 3 nitrogen and oxygen atoms in total. The van der Waals surface area contributed by atoms with Gasteiger partial charge in [-0.2, -0.15) is 0 Å². The van der Waals surface area contributed by atoms with Crippen LogP contribution < -0.4 is 5.73 Å². The van der Waals surface area contributed by atoms with Crippen LogP contribution in [0.1, 0.15) is 18.0 Å². The highest BCUT2D eigenvalue weighted by Crippen LogP contribution is 2.26. The topological polar surface area (TPSA) is 32.5 Å². The molecule has 4 heteroatoms. The lowest BCUT2D eigenvalue weighted by molar-refractivity contribution is 0.108. The van der Waals surface area contributed by atoms with Crippen LogP contribution in [0.4, 0.5) is 0 Å². The number of hydrogen-bond donors (Lipinski definition) is 1. The molecule has 0 spiro atoms. The molecule has 0 saturated carbocycles. The van der Waals surface area contributed by atoms with Gasteiger partial charge in [0, 0.05) is 37.2 Å². The Morgan fingerprint density at radius 1 is 1.17 bits per heavy atom. The smallest absolute Gasteiger partial charge is 0.0406 e. The highest BCUT2D eigenvalue weighted by Gasteiger charge is 2.23. The first-order valence-corrected chi connectivity index (χ1v) is 6.96. The van der Waals surface area contributed by atoms with Gasteiger partial charge < -0.3 is 10.6 Å². The van der Waals surface area contributed by atoms with Gasteiger partial charge in [0.1, 0.15) is 0 Å². The molecular weight excluding hydrogens is 246 g/mol. The molecule has 0 aliphatic carbocycles. The number of hydrogen-bond acceptors (Lipinski definition) is 3. The van der Waals surface area contributed by atoms with Gasteiger partial charge in [-0.1, -0.05) is 23.7 Å². The number of piperazine rings is 1. The fourth-order valence-electron chi connectivity index (χ4n) is 2.54. The van der Waals surface area contributed by atoms with Crippen molar-refractivity contribution < 1.29 is 0 Å². The Hall–Kier alpha value is -0.610. The van der Waals surface area contributed by atoms with Crippen LogP contribution in [-0.2, 0) is 0 Å². The molecule has 1 aromatic rings. The minimum Gasteiger partial charge on any atom is -0.330 e. The van der Waals surface area contributed by atoms with Crippen LogP contribution >= 0.6 is 11.6 Å². The van der Waals surface area contributed by atoms with E-state index in [1.54, 1.807) is 0 Å². The molecule has 1 fully saturated rings. The fraction of sp³-hybridized carbons (Fsp3) is 0.571. The third-order valence-electron chi connectivity index (χ3n) is 3.67. The van der Waals surface area contributed by atoms with Crippen molar-refractivity contribution >= 4 is 11.6 Å². The number of nitrogens with two attached hydrogens (primary N) is 1. The van der Waals surface area contributed by atoms with Gasteiger partial charge in [0.2, 0.25) is 0 Å². The quantitative estimate of drug-likeness (QED) is 0.906. The van der Waals surface area contributed by atoms with Gasteiger partial charge in [0.25, 0.3) is 0 Å². The Bertz CT molecular complexity index is 358. The second-order valence-corrected chi connectivity index (χ2v) is 5.42. The summed E-state index contributed by atoms with van der Waals surface area (Å²) in [5.74, 6) is 0. The molecule has 1 aliphatic heterocycles. The van der Waals surface area contributed by atoms with Crippen molar-refractivity contribution in [2.24, 2.45) is 5.73 Å². The van der Waals surface area contributed by atoms with Crippen LogP contribution in [0, 0.1) is 0 Å². The van der Waals surface area contributed by atoms with Gasteiger partial charge in [0.05, 0.1) is 0 Å². The molecule has 1 saturated heterocycles. The van der Waals surface area contributed by atoms with Crippen LogP contribution in [-0.4, -0.2) is 49.6 Å². The molecule has 1 aliphatic rings. The number of likely N-dealkylation sites (N-methyl/N-ethyl adjacent to an activating group) is 1. The maximum Gasteiger partial charge on any atom is 0.0406 e. The number of rotatable bonds is 4. The van der Waals surface area contributed by atoms with Crippen LogP contribution in [0.25, 0.3) is 0 Å². The Morgan fingerprint density at radius 3 is 2.33 bits per heavy atom. The molecule has 1 unspecified atom stereocenters. The average molecular weight is 268 g/mol. The van der Waals surface area contributed by atoms with Crippen molar-refractivity contribution in [3.05, 3.63) is 34.9 Å². The number of halogens is 1. The highest BCUT2D eigenvalue weighted by atomic mass is 35.5. The van der Waals surface area contributed by atoms with E-state index in [9.17, 15) is 0 Å². The second-order valence-electron chi connectivity index (χ2n) is 4.98. The van der Waals surface area contributed by atoms with Crippen molar-refractivity contribution in [3.63, 3.8) is 0 Å². The maximum absolute atomic E-state index is 5.95. The molecule has 1 aromatic carbocycles. The fourth-order valence-corrected chi connectivity index (χ4v) is 2.66. The van der Waals surface area contributed by atoms with E-state index in [-0.39, 0.29) is 0 Å². The van der Waals surface area contributed by atoms with E-state index in [2.05, 4.69) is 29.0 Å². The van der Waals surface area contributed by atoms with Crippen LogP contribution in [0.2, 0.25) is 5.02 Å². The van der Waals surface area contributed by atoms with Gasteiger partial charge in [-0.3, -0.25) is 4.90 Å². The zero-order valence-corrected chi connectivity index (χ0v) is 11.7. The molecule has 1 heterocycles. The lowest BCUT2D eigenvalue weighted by atomic mass is 10.0. The first-order valence-electron chi connectivity index (χ1n) is 6.59. The summed E-state index contributed by atoms with van der Waals surface area (Å²) in [6.45, 7) is 5.22. The monoisotopic (exact) mass is 267 g/mol. The average Bonchev–Trinajstić information content (AvgIpc) is 2.39. The van der Waals surface area contributed by atoms with Crippen molar-refractivity contribution in [2.75, 3.05) is 39.8 Å². The van der Waals surface area contributed by atoms with Gasteiger partial charge >= 0.3 is 0 Å². The van der Waals surface area contributed by atoms with E-state index in [1.807, 2.05) is 12.1 Å². The third kappa shape index (κ3) is 3.45. The summed E-state index contributed by atoms with van der Waals surface area (Å²) in [5, 5.41) is 0.795. The number of nitrogens with zero attached hydrogens (tertiary/aromatic N) is 2. The normalized spacial score (nSPS) is 19.9. The minimum atomic E-state index is 0.431. The largest absolute Gasteiger partial charge is 0.330 e. The zero-order valence-electron chi connectivity index (χ0n) is 11.0. The molecule has 0 amide bonds. The Kier molecular flexibility index (Phi) is 5.01. The SMILES string of the molecule is CN1CCN(C(CCN)c2ccc(Cl)cc2)CC1. The lowest BCUT2D eigenvalue weighted by Crippen LogP contribution is -2.46. The summed E-state index contributed by atoms with van der Waals surface area (Å²) in [7, 11) is 2.18. The van der Waals surface area contributed by atoms with Gasteiger partial charge in [-0.15, -0.1) is 0 Å². The van der Waals surface area contributed by atoms with Crippen LogP contribution in [0.3, 0.4) is 0 Å². The summed E-state index contributed by atoms with van der Waals surface area (Å²) in [5.41, 5.74) is 7.10. The molecule has 2 rings (SSSR count). The van der Waals surface area contributed by atoms with E-state index in [1.165, 1.54) is 5.56 Å². The molecule has 0 aromatic heterocycles. The van der Waals surface area contributed by atoms with E-state index in [4.69, 9.17) is 17.3 Å². The van der Waals surface area contributed by atoms with E-state index in [0.717, 1.165) is 44.2 Å². The van der Waals surface area contributed by atoms with Crippen LogP contribution in [0.5, 0.6) is 0 Å². The van der Waals surface area contributed by atoms with Gasteiger partial charge in [0.15, 0.2) is 0 Å². The summed E-state index contributed by atoms with van der Waals surface area (Å²) in [6.07, 6.45) is 1.01. The second kappa shape index (κ2) is 6.53. The summed E-state index contributed by atoms with van der Waals surface area (Å²) >= 11 is 5.95. The van der Waals surface area contributed by atoms with Crippen molar-refractivity contribution in [2.45, 2.75) is 12.5 Å². The van der Waals surface area contributed by atoms with E-state index < -0.39 is 0 Å². The number of benzene rings is 1. The van der Waals surface area contributed by atoms with Gasteiger partial charge in [-0.05, 0) is 37.7 Å². The first-order chi connectivity index (χ1) is 8.70. The molecule has 100 valence electrons. The highest BCUT2D eigenvalue weighted by molar-refractivity contribution is 6.30. The molecular formula is C14H22ClN3. The maximum atomic E-state index is 5.95. The van der Waals surface area contributed by atoms with Crippen LogP contribution in [0.15, 0.2) is 24.3 Å². The Morgan fingerprint density at radius 2 is 1.78 bits per heavy atom. The third-order valence-corrected chi connectivity index (χ3v) is 3.93. The zero-order chi connectivity index (χ0) is 13.0. The van der Waals surface area contributed by atoms with Crippen molar-refractivity contribution in [1.29, 1.82) is 0 Å². The minimum absolute atomic E-state index is 0.431. The van der Waals surface area contributed by atoms with E-state index >= 15 is 0 Å². The molecule has 0 radical (unpaired) electrons. The Labute approximate surface area is 115 Å². The molecule has 2 N–H and O–H groups in total. The summed E-state index contributed by atoms with van der Waals surface area (Å²) in [6, 6.07) is 8.62. The van der Waals surface area contributed by atoms with Gasteiger partial charge in [-0.25, -0.2) is 0 Å². The predicted molar refractivity (Wildman–Crippen MR) is 76.9 cm³/mol. The van der Waals surface area contributed by atoms with Crippen molar-refractivity contribution in [3.8, 4) is 0 Å². The molecule has 0 bridgehead atoms. The molecule has 18 heavy (non-hydrogen) atoms. The summed E-state index contributed by atoms with van der Waals surface area (Å²) in [4.78, 5) is 4.91. The summed E-state index contributed by atoms with van der Waals surface area (Å²) < 4.78 is 0. The first kappa shape index (κ1) is 13.8. The standard InChI is InChI=1S/C14H22ClN3/c1-17-8-10-18(11-9-17)14(6-7-16)12-2-4-13(15)5-3-12/h2-5,14H,6-11,16H2,1H3. The van der Waals surface area contributed by atoms with Crippen molar-refractivity contribution in [1.82, 2.24) is 9.80 Å². The lowest BCUT2D eigenvalue weighted by Gasteiger charge is -2.38. The Balaban J connectivity index is 2.09. The van der Waals surface area contributed by atoms with E-state index in [0.29, 0.717) is 6.04 Å². The predicted octanol–water partition coefficient (Wildman–Crippen LogP) is 1.98. The molecule has 1 atom stereocenters.